The summed E-state index contributed by atoms with van der Waals surface area (Å²) in [5, 5.41) is 2.44. The van der Waals surface area contributed by atoms with E-state index < -0.39 is 0 Å². The van der Waals surface area contributed by atoms with Gasteiger partial charge in [-0.3, -0.25) is 10.4 Å². The molecule has 0 radical (unpaired) electrons. The Kier molecular flexibility index (Phi) is 1.37. The van der Waals surface area contributed by atoms with Gasteiger partial charge in [0.25, 0.3) is 0 Å². The maximum atomic E-state index is 5.87. The first-order chi connectivity index (χ1) is 5.29. The van der Waals surface area contributed by atoms with Crippen molar-refractivity contribution in [2.24, 2.45) is 0 Å². The number of hydrazine groups is 2. The van der Waals surface area contributed by atoms with Crippen molar-refractivity contribution in [2.45, 2.75) is 0 Å². The maximum Gasteiger partial charge on any atom is 0.170 e. The zero-order valence-electron chi connectivity index (χ0n) is 5.93. The number of halogens is 1. The van der Waals surface area contributed by atoms with Crippen molar-refractivity contribution in [3.05, 3.63) is 17.3 Å². The van der Waals surface area contributed by atoms with E-state index in [1.54, 1.807) is 17.3 Å². The Bertz CT molecular complexity index is 288. The number of hydrogen-bond donors (Lipinski definition) is 2. The molecule has 0 aliphatic carbocycles. The molecule has 1 aliphatic heterocycles. The van der Waals surface area contributed by atoms with E-state index in [1.807, 2.05) is 7.05 Å². The van der Waals surface area contributed by atoms with Gasteiger partial charge in [-0.15, -0.1) is 5.53 Å². The second kappa shape index (κ2) is 2.25. The number of hydrogen-bond acceptors (Lipinski definition) is 4. The number of pyridine rings is 1. The number of aromatic nitrogens is 1. The predicted molar refractivity (Wildman–Crippen MR) is 44.4 cm³/mol. The van der Waals surface area contributed by atoms with Crippen molar-refractivity contribution >= 4 is 23.1 Å². The molecule has 0 fully saturated rings. The Morgan fingerprint density at radius 1 is 1.64 bits per heavy atom. The number of rotatable bonds is 0. The zero-order valence-corrected chi connectivity index (χ0v) is 6.68. The molecule has 0 saturated carbocycles. The molecule has 1 aliphatic rings. The molecule has 1 aromatic heterocycles. The highest BCUT2D eigenvalue weighted by atomic mass is 35.5. The van der Waals surface area contributed by atoms with Gasteiger partial charge in [-0.25, -0.2) is 4.98 Å². The molecule has 2 heterocycles. The second-order valence-electron chi connectivity index (χ2n) is 2.29. The first-order valence-corrected chi connectivity index (χ1v) is 3.57. The van der Waals surface area contributed by atoms with Crippen LogP contribution in [0.3, 0.4) is 0 Å². The Hall–Kier alpha value is -1.00. The maximum absolute atomic E-state index is 5.87. The van der Waals surface area contributed by atoms with Gasteiger partial charge >= 0.3 is 0 Å². The highest BCUT2D eigenvalue weighted by molar-refractivity contribution is 6.33. The molecule has 0 saturated heterocycles. The lowest BCUT2D eigenvalue weighted by molar-refractivity contribution is 0.810. The quantitative estimate of drug-likeness (QED) is 0.610. The van der Waals surface area contributed by atoms with Crippen LogP contribution in [-0.4, -0.2) is 12.0 Å². The van der Waals surface area contributed by atoms with Gasteiger partial charge in [-0.1, -0.05) is 11.6 Å². The molecule has 4 nitrogen and oxygen atoms in total. The molecule has 2 rings (SSSR count). The first-order valence-electron chi connectivity index (χ1n) is 3.19. The van der Waals surface area contributed by atoms with Gasteiger partial charge in [-0.05, 0) is 6.07 Å². The van der Waals surface area contributed by atoms with E-state index >= 15 is 0 Å². The lowest BCUT2D eigenvalue weighted by Gasteiger charge is -2.07. The van der Waals surface area contributed by atoms with Crippen molar-refractivity contribution in [3.8, 4) is 0 Å². The molecule has 0 atom stereocenters. The van der Waals surface area contributed by atoms with E-state index in [1.165, 1.54) is 0 Å². The standard InChI is InChI=1S/C6H7ClN4/c1-11-6-5(9-10-11)4(7)2-3-8-6/h2-3,9-10H,1H3. The highest BCUT2D eigenvalue weighted by Crippen LogP contribution is 2.31. The third-order valence-corrected chi connectivity index (χ3v) is 1.86. The monoisotopic (exact) mass is 170 g/mol. The fourth-order valence-corrected chi connectivity index (χ4v) is 1.18. The Labute approximate surface area is 69.1 Å². The molecule has 11 heavy (non-hydrogen) atoms. The van der Waals surface area contributed by atoms with Gasteiger partial charge in [0, 0.05) is 13.2 Å². The molecule has 0 unspecified atom stereocenters. The largest absolute Gasteiger partial charge is 0.299 e. The minimum atomic E-state index is 0.673. The van der Waals surface area contributed by atoms with Crippen LogP contribution in [0.1, 0.15) is 0 Å². The Morgan fingerprint density at radius 2 is 2.45 bits per heavy atom. The van der Waals surface area contributed by atoms with Gasteiger partial charge in [0.15, 0.2) is 5.82 Å². The summed E-state index contributed by atoms with van der Waals surface area (Å²) in [7, 11) is 1.86. The van der Waals surface area contributed by atoms with Gasteiger partial charge in [-0.2, -0.15) is 0 Å². The van der Waals surface area contributed by atoms with Crippen LogP contribution < -0.4 is 16.0 Å². The molecule has 1 aromatic rings. The summed E-state index contributed by atoms with van der Waals surface area (Å²) in [5.41, 5.74) is 6.59. The molecule has 0 spiro atoms. The molecule has 0 bridgehead atoms. The molecular weight excluding hydrogens is 164 g/mol. The third kappa shape index (κ3) is 0.911. The van der Waals surface area contributed by atoms with Gasteiger partial charge in [0.05, 0.1) is 5.02 Å². The van der Waals surface area contributed by atoms with E-state index in [2.05, 4.69) is 15.9 Å². The van der Waals surface area contributed by atoms with E-state index in [0.29, 0.717) is 5.02 Å². The number of nitrogens with zero attached hydrogens (tertiary/aromatic N) is 2. The zero-order chi connectivity index (χ0) is 7.84. The predicted octanol–water partition coefficient (Wildman–Crippen LogP) is 1.02. The number of fused-ring (bicyclic) bond motifs is 1. The van der Waals surface area contributed by atoms with Crippen LogP contribution in [0.15, 0.2) is 12.3 Å². The average molecular weight is 171 g/mol. The molecule has 0 amide bonds. The summed E-state index contributed by atoms with van der Waals surface area (Å²) in [4.78, 5) is 4.12. The van der Waals surface area contributed by atoms with Crippen molar-refractivity contribution in [2.75, 3.05) is 17.5 Å². The summed E-state index contributed by atoms with van der Waals surface area (Å²) < 4.78 is 0. The van der Waals surface area contributed by atoms with Gasteiger partial charge in [0.1, 0.15) is 5.69 Å². The Morgan fingerprint density at radius 3 is 3.18 bits per heavy atom. The Balaban J connectivity index is 2.57. The van der Waals surface area contributed by atoms with Crippen LogP contribution in [0.25, 0.3) is 0 Å². The SMILES string of the molecule is CN1NNc2c(Cl)ccnc21. The van der Waals surface area contributed by atoms with Crippen molar-refractivity contribution in [3.63, 3.8) is 0 Å². The summed E-state index contributed by atoms with van der Waals surface area (Å²) in [6.45, 7) is 0. The van der Waals surface area contributed by atoms with E-state index in [4.69, 9.17) is 11.6 Å². The van der Waals surface area contributed by atoms with Crippen LogP contribution >= 0.6 is 11.6 Å². The molecule has 5 heteroatoms. The van der Waals surface area contributed by atoms with Crippen LogP contribution in [0, 0.1) is 0 Å². The van der Waals surface area contributed by atoms with Gasteiger partial charge in [0.2, 0.25) is 0 Å². The van der Waals surface area contributed by atoms with E-state index in [-0.39, 0.29) is 0 Å². The van der Waals surface area contributed by atoms with Crippen LogP contribution in [-0.2, 0) is 0 Å². The fraction of sp³-hybridized carbons (Fsp3) is 0.167. The van der Waals surface area contributed by atoms with E-state index in [9.17, 15) is 0 Å². The van der Waals surface area contributed by atoms with Crippen LogP contribution in [0.5, 0.6) is 0 Å². The first kappa shape index (κ1) is 6.69. The highest BCUT2D eigenvalue weighted by Gasteiger charge is 2.17. The third-order valence-electron chi connectivity index (χ3n) is 1.55. The topological polar surface area (TPSA) is 40.2 Å². The van der Waals surface area contributed by atoms with Crippen LogP contribution in [0.4, 0.5) is 11.5 Å². The second-order valence-corrected chi connectivity index (χ2v) is 2.69. The lowest BCUT2D eigenvalue weighted by atomic mass is 10.4. The number of anilines is 2. The van der Waals surface area contributed by atoms with E-state index in [0.717, 1.165) is 11.5 Å². The van der Waals surface area contributed by atoms with Crippen molar-refractivity contribution in [1.82, 2.24) is 10.5 Å². The minimum Gasteiger partial charge on any atom is -0.299 e. The molecule has 2 N–H and O–H groups in total. The molecule has 58 valence electrons. The minimum absolute atomic E-state index is 0.673. The number of nitrogens with one attached hydrogen (secondary N) is 2. The average Bonchev–Trinajstić information content (AvgIpc) is 2.35. The van der Waals surface area contributed by atoms with Crippen molar-refractivity contribution in [1.29, 1.82) is 0 Å². The summed E-state index contributed by atoms with van der Waals surface area (Å²) in [6, 6.07) is 1.74. The fourth-order valence-electron chi connectivity index (χ4n) is 0.991. The summed E-state index contributed by atoms with van der Waals surface area (Å²) in [6.07, 6.45) is 1.67. The summed E-state index contributed by atoms with van der Waals surface area (Å²) >= 11 is 5.87. The van der Waals surface area contributed by atoms with Crippen LogP contribution in [0.2, 0.25) is 5.02 Å². The lowest BCUT2D eigenvalue weighted by Crippen LogP contribution is -2.32. The molecular formula is C6H7ClN4. The summed E-state index contributed by atoms with van der Waals surface area (Å²) in [5.74, 6) is 0.817. The normalized spacial score (nSPS) is 14.5. The van der Waals surface area contributed by atoms with Crippen molar-refractivity contribution < 1.29 is 0 Å². The molecule has 0 aromatic carbocycles. The smallest absolute Gasteiger partial charge is 0.170 e. The van der Waals surface area contributed by atoms with Gasteiger partial charge < -0.3 is 0 Å².